The fourth-order valence-corrected chi connectivity index (χ4v) is 1.72. The van der Waals surface area contributed by atoms with Gasteiger partial charge in [0.15, 0.2) is 0 Å². The lowest BCUT2D eigenvalue weighted by molar-refractivity contribution is 0.311. The summed E-state index contributed by atoms with van der Waals surface area (Å²) in [6.07, 6.45) is 6.76. The van der Waals surface area contributed by atoms with Crippen molar-refractivity contribution >= 4 is 0 Å². The zero-order valence-corrected chi connectivity index (χ0v) is 9.52. The molecule has 1 rings (SSSR count). The van der Waals surface area contributed by atoms with Crippen molar-refractivity contribution in [1.29, 1.82) is 0 Å². The SMILES string of the molecule is CC/C=C\C1=C(CC)N1C(C)(C)C. The highest BCUT2D eigenvalue weighted by atomic mass is 15.3. The lowest BCUT2D eigenvalue weighted by Gasteiger charge is -2.24. The lowest BCUT2D eigenvalue weighted by Crippen LogP contribution is -2.27. The van der Waals surface area contributed by atoms with E-state index in [9.17, 15) is 0 Å². The van der Waals surface area contributed by atoms with Crippen molar-refractivity contribution in [2.45, 2.75) is 53.0 Å². The van der Waals surface area contributed by atoms with Crippen LogP contribution in [0.1, 0.15) is 47.5 Å². The molecule has 0 saturated carbocycles. The summed E-state index contributed by atoms with van der Waals surface area (Å²) in [5, 5.41) is 0. The van der Waals surface area contributed by atoms with Crippen molar-refractivity contribution < 1.29 is 0 Å². The Hall–Kier alpha value is -0.720. The highest BCUT2D eigenvalue weighted by molar-refractivity contribution is 5.42. The quantitative estimate of drug-likeness (QED) is 0.638. The second-order valence-electron chi connectivity index (χ2n) is 4.50. The van der Waals surface area contributed by atoms with Crippen LogP contribution in [-0.4, -0.2) is 10.4 Å². The molecule has 1 aliphatic heterocycles. The minimum atomic E-state index is 0.263. The Bertz CT molecular complexity index is 240. The van der Waals surface area contributed by atoms with Gasteiger partial charge < -0.3 is 4.90 Å². The number of rotatable bonds is 3. The van der Waals surface area contributed by atoms with E-state index in [0.717, 1.165) is 12.8 Å². The average molecular weight is 179 g/mol. The monoisotopic (exact) mass is 179 g/mol. The van der Waals surface area contributed by atoms with Gasteiger partial charge in [-0.05, 0) is 39.7 Å². The molecule has 0 aromatic carbocycles. The predicted octanol–water partition coefficient (Wildman–Crippen LogP) is 3.69. The summed E-state index contributed by atoms with van der Waals surface area (Å²) in [4.78, 5) is 2.43. The van der Waals surface area contributed by atoms with Crippen LogP contribution in [0.3, 0.4) is 0 Å². The Balaban J connectivity index is 2.64. The third kappa shape index (κ3) is 2.15. The van der Waals surface area contributed by atoms with Gasteiger partial charge in [-0.3, -0.25) is 0 Å². The van der Waals surface area contributed by atoms with Gasteiger partial charge in [-0.15, -0.1) is 0 Å². The zero-order chi connectivity index (χ0) is 10.1. The maximum absolute atomic E-state index is 2.43. The van der Waals surface area contributed by atoms with Gasteiger partial charge in [0, 0.05) is 11.2 Å². The van der Waals surface area contributed by atoms with Crippen molar-refractivity contribution in [1.82, 2.24) is 4.90 Å². The van der Waals surface area contributed by atoms with Gasteiger partial charge in [-0.1, -0.05) is 19.9 Å². The molecule has 0 atom stereocenters. The minimum Gasteiger partial charge on any atom is -0.336 e. The molecule has 1 heteroatoms. The van der Waals surface area contributed by atoms with E-state index in [4.69, 9.17) is 0 Å². The summed E-state index contributed by atoms with van der Waals surface area (Å²) in [6.45, 7) is 11.2. The highest BCUT2D eigenvalue weighted by Crippen LogP contribution is 2.42. The molecule has 0 bridgehead atoms. The van der Waals surface area contributed by atoms with Crippen LogP contribution in [-0.2, 0) is 0 Å². The van der Waals surface area contributed by atoms with E-state index in [1.54, 1.807) is 0 Å². The van der Waals surface area contributed by atoms with Gasteiger partial charge in [-0.25, -0.2) is 0 Å². The van der Waals surface area contributed by atoms with Crippen LogP contribution in [0.25, 0.3) is 0 Å². The van der Waals surface area contributed by atoms with E-state index >= 15 is 0 Å². The topological polar surface area (TPSA) is 3.01 Å². The Morgan fingerprint density at radius 2 is 1.85 bits per heavy atom. The van der Waals surface area contributed by atoms with E-state index in [2.05, 4.69) is 51.7 Å². The summed E-state index contributed by atoms with van der Waals surface area (Å²) in [5.41, 5.74) is 3.22. The molecule has 0 saturated heterocycles. The molecule has 13 heavy (non-hydrogen) atoms. The van der Waals surface area contributed by atoms with Crippen LogP contribution in [0.4, 0.5) is 0 Å². The maximum Gasteiger partial charge on any atom is 0.0609 e. The molecule has 0 aromatic heterocycles. The molecule has 0 spiro atoms. The first kappa shape index (κ1) is 10.4. The third-order valence-corrected chi connectivity index (χ3v) is 2.27. The number of hydrogen-bond donors (Lipinski definition) is 0. The molecule has 1 aliphatic rings. The smallest absolute Gasteiger partial charge is 0.0609 e. The Labute approximate surface area is 82.1 Å². The van der Waals surface area contributed by atoms with Gasteiger partial charge in [0.05, 0.1) is 5.70 Å². The van der Waals surface area contributed by atoms with Crippen LogP contribution in [0.5, 0.6) is 0 Å². The Morgan fingerprint density at radius 3 is 2.15 bits per heavy atom. The van der Waals surface area contributed by atoms with E-state index < -0.39 is 0 Å². The van der Waals surface area contributed by atoms with Crippen LogP contribution >= 0.6 is 0 Å². The fourth-order valence-electron chi connectivity index (χ4n) is 1.72. The van der Waals surface area contributed by atoms with Crippen molar-refractivity contribution in [3.63, 3.8) is 0 Å². The summed E-state index contributed by atoms with van der Waals surface area (Å²) in [6, 6.07) is 0. The fraction of sp³-hybridized carbons (Fsp3) is 0.667. The molecule has 0 aliphatic carbocycles. The molecule has 0 radical (unpaired) electrons. The second-order valence-corrected chi connectivity index (χ2v) is 4.50. The van der Waals surface area contributed by atoms with Gasteiger partial charge in [0.25, 0.3) is 0 Å². The van der Waals surface area contributed by atoms with Crippen LogP contribution in [0.2, 0.25) is 0 Å². The van der Waals surface area contributed by atoms with Crippen molar-refractivity contribution in [3.05, 3.63) is 23.5 Å². The molecule has 1 heterocycles. The molecule has 0 N–H and O–H groups in total. The Kier molecular flexibility index (Phi) is 2.84. The van der Waals surface area contributed by atoms with Crippen LogP contribution < -0.4 is 0 Å². The number of hydrogen-bond acceptors (Lipinski definition) is 1. The van der Waals surface area contributed by atoms with Gasteiger partial charge >= 0.3 is 0 Å². The van der Waals surface area contributed by atoms with Gasteiger partial charge in [0.2, 0.25) is 0 Å². The molecule has 0 fully saturated rings. The molecule has 74 valence electrons. The van der Waals surface area contributed by atoms with Crippen molar-refractivity contribution in [2.75, 3.05) is 0 Å². The first-order valence-electron chi connectivity index (χ1n) is 5.22. The van der Waals surface area contributed by atoms with Crippen LogP contribution in [0, 0.1) is 0 Å². The molecule has 0 aromatic rings. The summed E-state index contributed by atoms with van der Waals surface area (Å²) in [7, 11) is 0. The van der Waals surface area contributed by atoms with Crippen LogP contribution in [0.15, 0.2) is 23.5 Å². The van der Waals surface area contributed by atoms with E-state index in [-0.39, 0.29) is 5.54 Å². The standard InChI is InChI=1S/C12H21N/c1-6-8-9-11-10(7-2)13(11)12(3,4)5/h8-9H,6-7H2,1-5H3/b9-8-. The summed E-state index contributed by atoms with van der Waals surface area (Å²) in [5.74, 6) is 0. The summed E-state index contributed by atoms with van der Waals surface area (Å²) >= 11 is 0. The molecule has 1 nitrogen and oxygen atoms in total. The van der Waals surface area contributed by atoms with Crippen molar-refractivity contribution in [3.8, 4) is 0 Å². The minimum absolute atomic E-state index is 0.263. The lowest BCUT2D eigenvalue weighted by atomic mass is 10.1. The predicted molar refractivity (Wildman–Crippen MR) is 58.3 cm³/mol. The molecule has 0 amide bonds. The average Bonchev–Trinajstić information content (AvgIpc) is 2.73. The number of allylic oxidation sites excluding steroid dienone is 3. The highest BCUT2D eigenvalue weighted by Gasteiger charge is 2.37. The first-order chi connectivity index (χ1) is 6.02. The normalized spacial score (nSPS) is 17.5. The first-order valence-corrected chi connectivity index (χ1v) is 5.22. The molecule has 0 unspecified atom stereocenters. The van der Waals surface area contributed by atoms with Gasteiger partial charge in [0.1, 0.15) is 0 Å². The molecular weight excluding hydrogens is 158 g/mol. The van der Waals surface area contributed by atoms with E-state index in [1.807, 2.05) is 0 Å². The zero-order valence-electron chi connectivity index (χ0n) is 9.52. The van der Waals surface area contributed by atoms with E-state index in [1.165, 1.54) is 11.4 Å². The third-order valence-electron chi connectivity index (χ3n) is 2.27. The largest absolute Gasteiger partial charge is 0.336 e. The number of nitrogens with zero attached hydrogens (tertiary/aromatic N) is 1. The van der Waals surface area contributed by atoms with Crippen molar-refractivity contribution in [2.24, 2.45) is 0 Å². The molecular formula is C12H21N. The summed E-state index contributed by atoms with van der Waals surface area (Å²) < 4.78 is 0. The van der Waals surface area contributed by atoms with Gasteiger partial charge in [-0.2, -0.15) is 0 Å². The second kappa shape index (κ2) is 3.57. The van der Waals surface area contributed by atoms with E-state index in [0.29, 0.717) is 0 Å². The maximum atomic E-state index is 2.43. The Morgan fingerprint density at radius 1 is 1.23 bits per heavy atom.